The van der Waals surface area contributed by atoms with Gasteiger partial charge in [-0.05, 0) is 49.4 Å². The van der Waals surface area contributed by atoms with Gasteiger partial charge in [-0.2, -0.15) is 0 Å². The van der Waals surface area contributed by atoms with Gasteiger partial charge in [0, 0.05) is 25.7 Å². The first-order valence-corrected chi connectivity index (χ1v) is 41.2. The van der Waals surface area contributed by atoms with Gasteiger partial charge in [-0.25, -0.2) is 9.13 Å². The Kier molecular flexibility index (Phi) is 62.2. The summed E-state index contributed by atoms with van der Waals surface area (Å²) < 4.78 is 68.5. The van der Waals surface area contributed by atoms with Gasteiger partial charge >= 0.3 is 39.5 Å². The first-order chi connectivity index (χ1) is 44.6. The molecule has 3 unspecified atom stereocenters. The van der Waals surface area contributed by atoms with E-state index in [1.165, 1.54) is 173 Å². The van der Waals surface area contributed by atoms with Gasteiger partial charge in [0.05, 0.1) is 26.4 Å². The second-order valence-corrected chi connectivity index (χ2v) is 31.5. The standard InChI is InChI=1S/C74H144O17P2/c1-64(2)50-42-34-26-18-13-9-11-15-21-30-38-46-54-71(76)84-60-69(90-73(78)56-48-40-32-22-16-12-10-14-19-27-35-43-51-65(3)4)62-88-92(80,81)86-58-68(75)59-87-93(82,83)89-63-70(61-85-72(77)55-47-39-31-25-24-29-37-45-53-67(7)8)91-74(79)57-49-41-33-23-17-20-28-36-44-52-66(5)6/h64-70,75H,9-63H2,1-8H3,(H,80,81)(H,82,83)/t68?,69-,70-/m1/s1. The van der Waals surface area contributed by atoms with Crippen LogP contribution in [0, 0.1) is 23.7 Å². The molecule has 0 heterocycles. The van der Waals surface area contributed by atoms with E-state index >= 15 is 0 Å². The van der Waals surface area contributed by atoms with Crippen molar-refractivity contribution in [2.24, 2.45) is 23.7 Å². The number of aliphatic hydroxyl groups is 1. The zero-order valence-electron chi connectivity index (χ0n) is 60.9. The molecule has 5 atom stereocenters. The second-order valence-electron chi connectivity index (χ2n) is 28.6. The molecule has 0 aliphatic rings. The highest BCUT2D eigenvalue weighted by molar-refractivity contribution is 7.47. The minimum atomic E-state index is -4.96. The van der Waals surface area contributed by atoms with Crippen LogP contribution in [-0.4, -0.2) is 96.7 Å². The van der Waals surface area contributed by atoms with Crippen LogP contribution in [0.1, 0.15) is 370 Å². The molecule has 93 heavy (non-hydrogen) atoms. The number of hydrogen-bond acceptors (Lipinski definition) is 15. The molecular formula is C74H144O17P2. The molecule has 552 valence electrons. The maximum Gasteiger partial charge on any atom is 0.472 e. The van der Waals surface area contributed by atoms with Crippen LogP contribution in [0.3, 0.4) is 0 Å². The first kappa shape index (κ1) is 91.1. The molecule has 0 bridgehead atoms. The molecule has 0 aromatic carbocycles. The Labute approximate surface area is 568 Å². The summed E-state index contributed by atoms with van der Waals surface area (Å²) in [6, 6.07) is 0. The maximum absolute atomic E-state index is 13.1. The quantitative estimate of drug-likeness (QED) is 0.0222. The fourth-order valence-electron chi connectivity index (χ4n) is 11.2. The second kappa shape index (κ2) is 63.5. The number of ether oxygens (including phenoxy) is 4. The van der Waals surface area contributed by atoms with E-state index < -0.39 is 97.5 Å². The van der Waals surface area contributed by atoms with Crippen LogP contribution < -0.4 is 0 Å². The third-order valence-corrected chi connectivity index (χ3v) is 19.0. The van der Waals surface area contributed by atoms with Gasteiger partial charge in [-0.3, -0.25) is 37.3 Å². The van der Waals surface area contributed by atoms with Gasteiger partial charge in [-0.15, -0.1) is 0 Å². The van der Waals surface area contributed by atoms with Crippen molar-refractivity contribution >= 4 is 39.5 Å². The van der Waals surface area contributed by atoms with E-state index in [-0.39, 0.29) is 25.7 Å². The number of phosphoric ester groups is 2. The third kappa shape index (κ3) is 68.4. The van der Waals surface area contributed by atoms with Gasteiger partial charge in [0.1, 0.15) is 19.3 Å². The van der Waals surface area contributed by atoms with Crippen molar-refractivity contribution in [2.75, 3.05) is 39.6 Å². The first-order valence-electron chi connectivity index (χ1n) is 38.2. The lowest BCUT2D eigenvalue weighted by atomic mass is 10.0. The number of aliphatic hydroxyl groups excluding tert-OH is 1. The van der Waals surface area contributed by atoms with Crippen LogP contribution in [0.4, 0.5) is 0 Å². The average molecular weight is 1370 g/mol. The Morgan fingerprint density at radius 2 is 0.452 bits per heavy atom. The van der Waals surface area contributed by atoms with E-state index in [0.29, 0.717) is 25.7 Å². The van der Waals surface area contributed by atoms with Crippen LogP contribution in [0.2, 0.25) is 0 Å². The van der Waals surface area contributed by atoms with Crippen LogP contribution in [0.25, 0.3) is 0 Å². The summed E-state index contributed by atoms with van der Waals surface area (Å²) in [5.41, 5.74) is 0. The summed E-state index contributed by atoms with van der Waals surface area (Å²) >= 11 is 0. The number of phosphoric acid groups is 2. The molecule has 3 N–H and O–H groups in total. The number of unbranched alkanes of at least 4 members (excludes halogenated alkanes) is 37. The predicted molar refractivity (Wildman–Crippen MR) is 377 cm³/mol. The molecule has 0 rings (SSSR count). The molecule has 0 radical (unpaired) electrons. The maximum atomic E-state index is 13.1. The summed E-state index contributed by atoms with van der Waals surface area (Å²) in [5, 5.41) is 10.6. The van der Waals surface area contributed by atoms with Crippen molar-refractivity contribution in [1.29, 1.82) is 0 Å². The predicted octanol–water partition coefficient (Wildman–Crippen LogP) is 21.3. The molecule has 0 aromatic heterocycles. The number of carbonyl (C=O) groups excluding carboxylic acids is 4. The minimum Gasteiger partial charge on any atom is -0.462 e. The highest BCUT2D eigenvalue weighted by Crippen LogP contribution is 2.45. The summed E-state index contributed by atoms with van der Waals surface area (Å²) in [4.78, 5) is 72.7. The largest absolute Gasteiger partial charge is 0.472 e. The van der Waals surface area contributed by atoms with Crippen LogP contribution >= 0.6 is 15.6 Å². The lowest BCUT2D eigenvalue weighted by molar-refractivity contribution is -0.161. The minimum absolute atomic E-state index is 0.104. The van der Waals surface area contributed by atoms with E-state index in [1.807, 2.05) is 0 Å². The van der Waals surface area contributed by atoms with E-state index in [1.54, 1.807) is 0 Å². The van der Waals surface area contributed by atoms with Gasteiger partial charge in [0.15, 0.2) is 12.2 Å². The monoisotopic (exact) mass is 1370 g/mol. The molecule has 17 nitrogen and oxygen atoms in total. The van der Waals surface area contributed by atoms with Crippen molar-refractivity contribution in [3.63, 3.8) is 0 Å². The fourth-order valence-corrected chi connectivity index (χ4v) is 12.8. The van der Waals surface area contributed by atoms with Crippen molar-refractivity contribution in [2.45, 2.75) is 388 Å². The molecule has 0 fully saturated rings. The number of rotatable bonds is 71. The third-order valence-electron chi connectivity index (χ3n) is 17.1. The van der Waals surface area contributed by atoms with Crippen LogP contribution in [0.5, 0.6) is 0 Å². The molecule has 0 saturated heterocycles. The van der Waals surface area contributed by atoms with E-state index in [4.69, 9.17) is 37.0 Å². The zero-order chi connectivity index (χ0) is 68.9. The van der Waals surface area contributed by atoms with Gasteiger partial charge in [-0.1, -0.05) is 319 Å². The van der Waals surface area contributed by atoms with E-state index in [2.05, 4.69) is 55.4 Å². The number of hydrogen-bond donors (Lipinski definition) is 3. The Morgan fingerprint density at radius 3 is 0.667 bits per heavy atom. The summed E-state index contributed by atoms with van der Waals surface area (Å²) in [6.45, 7) is 14.1. The van der Waals surface area contributed by atoms with Gasteiger partial charge in [0.2, 0.25) is 0 Å². The fraction of sp³-hybridized carbons (Fsp3) is 0.946. The molecule has 0 aliphatic carbocycles. The van der Waals surface area contributed by atoms with Crippen molar-refractivity contribution in [1.82, 2.24) is 0 Å². The number of esters is 4. The van der Waals surface area contributed by atoms with Gasteiger partial charge in [0.25, 0.3) is 0 Å². The highest BCUT2D eigenvalue weighted by atomic mass is 31.2. The lowest BCUT2D eigenvalue weighted by Crippen LogP contribution is -2.30. The molecule has 0 saturated carbocycles. The van der Waals surface area contributed by atoms with Crippen LogP contribution in [0.15, 0.2) is 0 Å². The van der Waals surface area contributed by atoms with Crippen molar-refractivity contribution in [3.8, 4) is 0 Å². The van der Waals surface area contributed by atoms with Crippen LogP contribution in [-0.2, 0) is 65.4 Å². The zero-order valence-corrected chi connectivity index (χ0v) is 62.7. The molecule has 0 aromatic rings. The van der Waals surface area contributed by atoms with Gasteiger partial charge < -0.3 is 33.8 Å². The molecular weight excluding hydrogens is 1220 g/mol. The normalized spacial score (nSPS) is 14.2. The Bertz CT molecular complexity index is 1830. The Hall–Kier alpha value is -1.94. The molecule has 0 spiro atoms. The Morgan fingerprint density at radius 1 is 0.269 bits per heavy atom. The average Bonchev–Trinajstić information content (AvgIpc) is 3.72. The summed E-state index contributed by atoms with van der Waals surface area (Å²) in [7, 11) is -9.91. The molecule has 0 amide bonds. The smallest absolute Gasteiger partial charge is 0.462 e. The summed E-state index contributed by atoms with van der Waals surface area (Å²) in [5.74, 6) is 0.898. The van der Waals surface area contributed by atoms with E-state index in [0.717, 1.165) is 114 Å². The lowest BCUT2D eigenvalue weighted by Gasteiger charge is -2.21. The van der Waals surface area contributed by atoms with Crippen molar-refractivity contribution in [3.05, 3.63) is 0 Å². The van der Waals surface area contributed by atoms with E-state index in [9.17, 15) is 43.2 Å². The highest BCUT2D eigenvalue weighted by Gasteiger charge is 2.30. The molecule has 19 heteroatoms. The topological polar surface area (TPSA) is 237 Å². The summed E-state index contributed by atoms with van der Waals surface area (Å²) in [6.07, 6.45) is 47.2. The number of carbonyl (C=O) groups is 4. The van der Waals surface area contributed by atoms with Crippen molar-refractivity contribution < 1.29 is 80.2 Å². The SMILES string of the molecule is CC(C)CCCCCCCCCCCCCCC(=O)OC[C@H](COP(=O)(O)OCC(O)COP(=O)(O)OC[C@@H](COC(=O)CCCCCCCCCCC(C)C)OC(=O)CCCCCCCCCCCC(C)C)OC(=O)CCCCCCCCCCCCCCC(C)C. The Balaban J connectivity index is 5.26. The molecule has 0 aliphatic heterocycles.